The number of carbonyl (C=O) groups is 2. The van der Waals surface area contributed by atoms with Crippen LogP contribution in [0.25, 0.3) is 6.08 Å². The lowest BCUT2D eigenvalue weighted by atomic mass is 10.2. The molecule has 2 rings (SSSR count). The zero-order valence-corrected chi connectivity index (χ0v) is 17.1. The molecular formula is C21H22ClN3O2S. The highest BCUT2D eigenvalue weighted by atomic mass is 35.5. The molecule has 28 heavy (non-hydrogen) atoms. The number of amides is 2. The van der Waals surface area contributed by atoms with E-state index in [1.807, 2.05) is 12.1 Å². The summed E-state index contributed by atoms with van der Waals surface area (Å²) in [6, 6.07) is 14.1. The van der Waals surface area contributed by atoms with E-state index in [0.29, 0.717) is 22.8 Å². The second kappa shape index (κ2) is 11.2. The van der Waals surface area contributed by atoms with Crippen LogP contribution >= 0.6 is 23.8 Å². The average molecular weight is 416 g/mol. The molecule has 2 aromatic rings. The SMILES string of the molecule is CCCCNC(=O)c1cccc(NC(=S)NC(=O)/C=C/c2ccccc2Cl)c1. The Bertz CT molecular complexity index is 883. The van der Waals surface area contributed by atoms with Crippen molar-refractivity contribution in [1.29, 1.82) is 0 Å². The normalized spacial score (nSPS) is 10.5. The molecule has 3 N–H and O–H groups in total. The van der Waals surface area contributed by atoms with Gasteiger partial charge in [-0.1, -0.05) is 49.2 Å². The summed E-state index contributed by atoms with van der Waals surface area (Å²) < 4.78 is 0. The van der Waals surface area contributed by atoms with Crippen LogP contribution in [0.3, 0.4) is 0 Å². The molecule has 0 saturated heterocycles. The largest absolute Gasteiger partial charge is 0.352 e. The fourth-order valence-corrected chi connectivity index (χ4v) is 2.73. The minimum absolute atomic E-state index is 0.136. The van der Waals surface area contributed by atoms with E-state index in [1.54, 1.807) is 42.5 Å². The summed E-state index contributed by atoms with van der Waals surface area (Å²) in [6.45, 7) is 2.70. The maximum absolute atomic E-state index is 12.1. The topological polar surface area (TPSA) is 70.2 Å². The molecule has 0 radical (unpaired) electrons. The van der Waals surface area contributed by atoms with Gasteiger partial charge in [0.05, 0.1) is 0 Å². The predicted octanol–water partition coefficient (Wildman–Crippen LogP) is 4.40. The van der Waals surface area contributed by atoms with E-state index in [1.165, 1.54) is 6.08 Å². The average Bonchev–Trinajstić information content (AvgIpc) is 2.67. The number of carbonyl (C=O) groups excluding carboxylic acids is 2. The first-order chi connectivity index (χ1) is 13.5. The molecule has 0 saturated carbocycles. The number of unbranched alkanes of at least 4 members (excludes halogenated alkanes) is 1. The highest BCUT2D eigenvalue weighted by Gasteiger charge is 2.07. The van der Waals surface area contributed by atoms with E-state index < -0.39 is 0 Å². The number of hydrogen-bond acceptors (Lipinski definition) is 3. The van der Waals surface area contributed by atoms with Crippen LogP contribution < -0.4 is 16.0 Å². The Labute approximate surface area is 175 Å². The predicted molar refractivity (Wildman–Crippen MR) is 119 cm³/mol. The van der Waals surface area contributed by atoms with Gasteiger partial charge in [-0.3, -0.25) is 14.9 Å². The van der Waals surface area contributed by atoms with Gasteiger partial charge in [0.25, 0.3) is 5.91 Å². The highest BCUT2D eigenvalue weighted by Crippen LogP contribution is 2.16. The van der Waals surface area contributed by atoms with Gasteiger partial charge in [0, 0.05) is 28.9 Å². The van der Waals surface area contributed by atoms with Gasteiger partial charge in [-0.25, -0.2) is 0 Å². The first-order valence-corrected chi connectivity index (χ1v) is 9.71. The summed E-state index contributed by atoms with van der Waals surface area (Å²) in [5.41, 5.74) is 1.87. The standard InChI is InChI=1S/C21H22ClN3O2S/c1-2-3-13-23-20(27)16-8-6-9-17(14-16)24-21(28)25-19(26)12-11-15-7-4-5-10-18(15)22/h4-12,14H,2-3,13H2,1H3,(H,23,27)(H2,24,25,26,28)/b12-11+. The number of halogens is 1. The van der Waals surface area contributed by atoms with Crippen molar-refractivity contribution >= 4 is 52.5 Å². The van der Waals surface area contributed by atoms with Crippen LogP contribution in [-0.2, 0) is 4.79 Å². The Morgan fingerprint density at radius 1 is 1.14 bits per heavy atom. The van der Waals surface area contributed by atoms with Crippen molar-refractivity contribution in [3.63, 3.8) is 0 Å². The summed E-state index contributed by atoms with van der Waals surface area (Å²) in [5, 5.41) is 9.02. The molecule has 5 nitrogen and oxygen atoms in total. The summed E-state index contributed by atoms with van der Waals surface area (Å²) in [5.74, 6) is -0.527. The van der Waals surface area contributed by atoms with Crippen LogP contribution in [0, 0.1) is 0 Å². The lowest BCUT2D eigenvalue weighted by Crippen LogP contribution is -2.33. The van der Waals surface area contributed by atoms with Crippen molar-refractivity contribution < 1.29 is 9.59 Å². The minimum Gasteiger partial charge on any atom is -0.352 e. The van der Waals surface area contributed by atoms with Crippen LogP contribution in [-0.4, -0.2) is 23.5 Å². The third-order valence-electron chi connectivity index (χ3n) is 3.75. The molecule has 0 spiro atoms. The Balaban J connectivity index is 1.90. The maximum atomic E-state index is 12.1. The third kappa shape index (κ3) is 7.13. The van der Waals surface area contributed by atoms with Gasteiger partial charge >= 0.3 is 0 Å². The van der Waals surface area contributed by atoms with Gasteiger partial charge in [0.1, 0.15) is 0 Å². The highest BCUT2D eigenvalue weighted by molar-refractivity contribution is 7.80. The zero-order chi connectivity index (χ0) is 20.4. The van der Waals surface area contributed by atoms with Crippen LogP contribution in [0.15, 0.2) is 54.6 Å². The molecule has 2 aromatic carbocycles. The van der Waals surface area contributed by atoms with Crippen LogP contribution in [0.2, 0.25) is 5.02 Å². The molecule has 146 valence electrons. The van der Waals surface area contributed by atoms with Crippen molar-refractivity contribution in [2.75, 3.05) is 11.9 Å². The van der Waals surface area contributed by atoms with Crippen LogP contribution in [0.5, 0.6) is 0 Å². The monoisotopic (exact) mass is 415 g/mol. The summed E-state index contributed by atoms with van der Waals surface area (Å²) >= 11 is 11.2. The number of nitrogens with one attached hydrogen (secondary N) is 3. The van der Waals surface area contributed by atoms with Gasteiger partial charge < -0.3 is 10.6 Å². The molecular weight excluding hydrogens is 394 g/mol. The van der Waals surface area contributed by atoms with Crippen LogP contribution in [0.1, 0.15) is 35.7 Å². The fraction of sp³-hybridized carbons (Fsp3) is 0.190. The molecule has 0 unspecified atom stereocenters. The molecule has 0 aliphatic carbocycles. The quantitative estimate of drug-likeness (QED) is 0.356. The van der Waals surface area contributed by atoms with Crippen molar-refractivity contribution in [2.24, 2.45) is 0 Å². The minimum atomic E-state index is -0.383. The lowest BCUT2D eigenvalue weighted by Gasteiger charge is -2.10. The molecule has 0 atom stereocenters. The Morgan fingerprint density at radius 2 is 1.93 bits per heavy atom. The van der Waals surface area contributed by atoms with Crippen molar-refractivity contribution in [2.45, 2.75) is 19.8 Å². The first-order valence-electron chi connectivity index (χ1n) is 8.92. The van der Waals surface area contributed by atoms with Gasteiger partial charge in [-0.15, -0.1) is 0 Å². The van der Waals surface area contributed by atoms with E-state index in [2.05, 4.69) is 22.9 Å². The van der Waals surface area contributed by atoms with E-state index in [4.69, 9.17) is 23.8 Å². The molecule has 7 heteroatoms. The van der Waals surface area contributed by atoms with Gasteiger partial charge in [0.15, 0.2) is 5.11 Å². The van der Waals surface area contributed by atoms with Crippen molar-refractivity contribution in [3.05, 3.63) is 70.8 Å². The second-order valence-electron chi connectivity index (χ2n) is 5.99. The number of hydrogen-bond donors (Lipinski definition) is 3. The third-order valence-corrected chi connectivity index (χ3v) is 4.30. The van der Waals surface area contributed by atoms with E-state index in [-0.39, 0.29) is 16.9 Å². The molecule has 0 heterocycles. The van der Waals surface area contributed by atoms with Crippen molar-refractivity contribution in [1.82, 2.24) is 10.6 Å². The Hall–Kier alpha value is -2.70. The van der Waals surface area contributed by atoms with Gasteiger partial charge in [-0.2, -0.15) is 0 Å². The molecule has 0 aliphatic heterocycles. The lowest BCUT2D eigenvalue weighted by molar-refractivity contribution is -0.115. The zero-order valence-electron chi connectivity index (χ0n) is 15.5. The number of anilines is 1. The number of benzene rings is 2. The van der Waals surface area contributed by atoms with Crippen molar-refractivity contribution in [3.8, 4) is 0 Å². The molecule has 0 bridgehead atoms. The van der Waals surface area contributed by atoms with E-state index >= 15 is 0 Å². The molecule has 0 fully saturated rings. The number of thiocarbonyl (C=S) groups is 1. The van der Waals surface area contributed by atoms with Gasteiger partial charge in [0.2, 0.25) is 5.91 Å². The van der Waals surface area contributed by atoms with Gasteiger partial charge in [-0.05, 0) is 54.5 Å². The molecule has 0 aromatic heterocycles. The smallest absolute Gasteiger partial charge is 0.251 e. The first kappa shape index (κ1) is 21.6. The Kier molecular flexibility index (Phi) is 8.65. The summed E-state index contributed by atoms with van der Waals surface area (Å²) in [6.07, 6.45) is 4.91. The second-order valence-corrected chi connectivity index (χ2v) is 6.80. The molecule has 2 amide bonds. The van der Waals surface area contributed by atoms with Crippen LogP contribution in [0.4, 0.5) is 5.69 Å². The summed E-state index contributed by atoms with van der Waals surface area (Å²) in [4.78, 5) is 24.1. The van der Waals surface area contributed by atoms with E-state index in [0.717, 1.165) is 18.4 Å². The number of rotatable bonds is 7. The Morgan fingerprint density at radius 3 is 2.68 bits per heavy atom. The summed E-state index contributed by atoms with van der Waals surface area (Å²) in [7, 11) is 0. The fourth-order valence-electron chi connectivity index (χ4n) is 2.31. The van der Waals surface area contributed by atoms with E-state index in [9.17, 15) is 9.59 Å². The molecule has 0 aliphatic rings. The maximum Gasteiger partial charge on any atom is 0.251 e.